The van der Waals surface area contributed by atoms with Crippen LogP contribution in [0.15, 0.2) is 22.9 Å². The molecule has 0 unspecified atom stereocenters. The molecule has 142 valence electrons. The summed E-state index contributed by atoms with van der Waals surface area (Å²) in [5.41, 5.74) is 1.27. The van der Waals surface area contributed by atoms with Gasteiger partial charge >= 0.3 is 0 Å². The van der Waals surface area contributed by atoms with Crippen molar-refractivity contribution in [2.45, 2.75) is 38.3 Å². The molecule has 3 aromatic heterocycles. The molecule has 1 aliphatic carbocycles. The van der Waals surface area contributed by atoms with Gasteiger partial charge in [-0.3, -0.25) is 4.90 Å². The maximum Gasteiger partial charge on any atom is 0.146 e. The Balaban J connectivity index is 1.53. The second-order valence-electron chi connectivity index (χ2n) is 7.31. The van der Waals surface area contributed by atoms with E-state index in [9.17, 15) is 0 Å². The molecular weight excluding hydrogens is 376 g/mol. The number of hydrogen-bond donors (Lipinski definition) is 1. The summed E-state index contributed by atoms with van der Waals surface area (Å²) in [4.78, 5) is 14.7. The molecule has 2 aliphatic rings. The van der Waals surface area contributed by atoms with Crippen LogP contribution in [-0.4, -0.2) is 47.2 Å². The summed E-state index contributed by atoms with van der Waals surface area (Å²) in [5.74, 6) is 1.95. The number of thiophene rings is 2. The minimum atomic E-state index is 0.537. The SMILES string of the molecule is c1csc(-c2csc3nc(CN4CCOCC4)nc(NC4CCCC4)c23)c1. The van der Waals surface area contributed by atoms with E-state index in [1.54, 1.807) is 22.7 Å². The Labute approximate surface area is 167 Å². The monoisotopic (exact) mass is 400 g/mol. The largest absolute Gasteiger partial charge is 0.379 e. The molecule has 0 aromatic carbocycles. The minimum Gasteiger partial charge on any atom is -0.379 e. The Morgan fingerprint density at radius 2 is 2.00 bits per heavy atom. The predicted molar refractivity (Wildman–Crippen MR) is 113 cm³/mol. The summed E-state index contributed by atoms with van der Waals surface area (Å²) in [7, 11) is 0. The van der Waals surface area contributed by atoms with Crippen molar-refractivity contribution in [1.82, 2.24) is 14.9 Å². The Morgan fingerprint density at radius 3 is 2.78 bits per heavy atom. The molecular formula is C20H24N4OS2. The number of hydrogen-bond acceptors (Lipinski definition) is 7. The van der Waals surface area contributed by atoms with Crippen molar-refractivity contribution in [2.75, 3.05) is 31.6 Å². The molecule has 3 aromatic rings. The van der Waals surface area contributed by atoms with Gasteiger partial charge in [0.1, 0.15) is 16.5 Å². The summed E-state index contributed by atoms with van der Waals surface area (Å²) in [6.45, 7) is 4.31. The smallest absolute Gasteiger partial charge is 0.146 e. The fourth-order valence-corrected chi connectivity index (χ4v) is 5.78. The first-order valence-corrected chi connectivity index (χ1v) is 11.5. The lowest BCUT2D eigenvalue weighted by Gasteiger charge is -2.26. The average Bonchev–Trinajstić information content (AvgIpc) is 3.44. The zero-order valence-electron chi connectivity index (χ0n) is 15.3. The topological polar surface area (TPSA) is 50.3 Å². The quantitative estimate of drug-likeness (QED) is 0.678. The summed E-state index contributed by atoms with van der Waals surface area (Å²) in [6, 6.07) is 4.84. The highest BCUT2D eigenvalue weighted by Crippen LogP contribution is 2.39. The van der Waals surface area contributed by atoms with Gasteiger partial charge in [0, 0.05) is 35.0 Å². The number of ether oxygens (including phenoxy) is 1. The molecule has 0 spiro atoms. The predicted octanol–water partition coefficient (Wildman–Crippen LogP) is 4.61. The van der Waals surface area contributed by atoms with Crippen molar-refractivity contribution in [2.24, 2.45) is 0 Å². The van der Waals surface area contributed by atoms with E-state index < -0.39 is 0 Å². The third-order valence-corrected chi connectivity index (χ3v) is 7.21. The maximum absolute atomic E-state index is 5.47. The van der Waals surface area contributed by atoms with Gasteiger partial charge in [0.2, 0.25) is 0 Å². The number of fused-ring (bicyclic) bond motifs is 1. The van der Waals surface area contributed by atoms with Crippen LogP contribution >= 0.6 is 22.7 Å². The van der Waals surface area contributed by atoms with Crippen LogP contribution in [0.2, 0.25) is 0 Å². The van der Waals surface area contributed by atoms with E-state index in [2.05, 4.69) is 33.1 Å². The molecule has 0 bridgehead atoms. The Kier molecular flexibility index (Phi) is 5.09. The Bertz CT molecular complexity index is 896. The average molecular weight is 401 g/mol. The van der Waals surface area contributed by atoms with E-state index in [1.165, 1.54) is 41.5 Å². The van der Waals surface area contributed by atoms with Crippen molar-refractivity contribution < 1.29 is 4.74 Å². The first-order chi connectivity index (χ1) is 13.4. The molecule has 0 atom stereocenters. The Morgan fingerprint density at radius 1 is 1.15 bits per heavy atom. The number of rotatable bonds is 5. The van der Waals surface area contributed by atoms with Gasteiger partial charge in [-0.15, -0.1) is 22.7 Å². The molecule has 5 nitrogen and oxygen atoms in total. The van der Waals surface area contributed by atoms with Crippen LogP contribution in [0.5, 0.6) is 0 Å². The van der Waals surface area contributed by atoms with Gasteiger partial charge in [0.15, 0.2) is 0 Å². The molecule has 5 rings (SSSR count). The van der Waals surface area contributed by atoms with Crippen LogP contribution in [0.1, 0.15) is 31.5 Å². The first-order valence-electron chi connectivity index (χ1n) is 9.75. The Hall–Kier alpha value is -1.54. The summed E-state index contributed by atoms with van der Waals surface area (Å²) < 4.78 is 5.47. The lowest BCUT2D eigenvalue weighted by molar-refractivity contribution is 0.0331. The zero-order chi connectivity index (χ0) is 18.1. The van der Waals surface area contributed by atoms with Gasteiger partial charge in [-0.05, 0) is 24.3 Å². The van der Waals surface area contributed by atoms with E-state index >= 15 is 0 Å². The van der Waals surface area contributed by atoms with Crippen molar-refractivity contribution in [1.29, 1.82) is 0 Å². The van der Waals surface area contributed by atoms with Crippen LogP contribution in [0.25, 0.3) is 20.7 Å². The van der Waals surface area contributed by atoms with Crippen LogP contribution in [0.3, 0.4) is 0 Å². The van der Waals surface area contributed by atoms with E-state index in [0.29, 0.717) is 6.04 Å². The van der Waals surface area contributed by atoms with E-state index in [1.807, 2.05) is 0 Å². The lowest BCUT2D eigenvalue weighted by atomic mass is 10.1. The number of nitrogens with zero attached hydrogens (tertiary/aromatic N) is 3. The van der Waals surface area contributed by atoms with Gasteiger partial charge in [-0.25, -0.2) is 9.97 Å². The number of morpholine rings is 1. The van der Waals surface area contributed by atoms with E-state index in [0.717, 1.165) is 49.3 Å². The molecule has 1 aliphatic heterocycles. The number of nitrogens with one attached hydrogen (secondary N) is 1. The van der Waals surface area contributed by atoms with Crippen LogP contribution in [-0.2, 0) is 11.3 Å². The molecule has 1 N–H and O–H groups in total. The molecule has 1 saturated heterocycles. The first kappa shape index (κ1) is 17.6. The van der Waals surface area contributed by atoms with Gasteiger partial charge < -0.3 is 10.1 Å². The summed E-state index contributed by atoms with van der Waals surface area (Å²) >= 11 is 3.51. The van der Waals surface area contributed by atoms with Crippen molar-refractivity contribution >= 4 is 38.7 Å². The molecule has 2 fully saturated rings. The van der Waals surface area contributed by atoms with Gasteiger partial charge in [-0.1, -0.05) is 18.9 Å². The molecule has 0 radical (unpaired) electrons. The normalized spacial score (nSPS) is 19.1. The fourth-order valence-electron chi connectivity index (χ4n) is 4.00. The van der Waals surface area contributed by atoms with Crippen LogP contribution in [0.4, 0.5) is 5.82 Å². The lowest BCUT2D eigenvalue weighted by Crippen LogP contribution is -2.36. The maximum atomic E-state index is 5.47. The fraction of sp³-hybridized carbons (Fsp3) is 0.500. The summed E-state index contributed by atoms with van der Waals surface area (Å²) in [6.07, 6.45) is 5.10. The van der Waals surface area contributed by atoms with E-state index in [-0.39, 0.29) is 0 Å². The van der Waals surface area contributed by atoms with Crippen molar-refractivity contribution in [3.63, 3.8) is 0 Å². The second kappa shape index (κ2) is 7.83. The van der Waals surface area contributed by atoms with Crippen molar-refractivity contribution in [3.05, 3.63) is 28.7 Å². The van der Waals surface area contributed by atoms with Crippen LogP contribution < -0.4 is 5.32 Å². The molecule has 7 heteroatoms. The number of anilines is 1. The summed E-state index contributed by atoms with van der Waals surface area (Å²) in [5, 5.41) is 9.34. The second-order valence-corrected chi connectivity index (χ2v) is 9.12. The van der Waals surface area contributed by atoms with Gasteiger partial charge in [-0.2, -0.15) is 0 Å². The highest BCUT2D eigenvalue weighted by molar-refractivity contribution is 7.18. The van der Waals surface area contributed by atoms with Gasteiger partial charge in [0.05, 0.1) is 25.1 Å². The molecule has 27 heavy (non-hydrogen) atoms. The third-order valence-electron chi connectivity index (χ3n) is 5.43. The molecule has 4 heterocycles. The number of aromatic nitrogens is 2. The highest BCUT2D eigenvalue weighted by atomic mass is 32.1. The van der Waals surface area contributed by atoms with E-state index in [4.69, 9.17) is 14.7 Å². The third kappa shape index (κ3) is 3.74. The van der Waals surface area contributed by atoms with Gasteiger partial charge in [0.25, 0.3) is 0 Å². The van der Waals surface area contributed by atoms with Crippen molar-refractivity contribution in [3.8, 4) is 10.4 Å². The highest BCUT2D eigenvalue weighted by Gasteiger charge is 2.21. The minimum absolute atomic E-state index is 0.537. The molecule has 0 amide bonds. The zero-order valence-corrected chi connectivity index (χ0v) is 17.0. The van der Waals surface area contributed by atoms with Crippen LogP contribution in [0, 0.1) is 0 Å². The molecule has 1 saturated carbocycles. The standard InChI is InChI=1S/C20H24N4OS2/c1-2-5-14(4-1)21-19-18-15(16-6-3-11-26-16)13-27-20(18)23-17(22-19)12-24-7-9-25-10-8-24/h3,6,11,13-14H,1-2,4-5,7-10,12H2,(H,21,22,23).